The fourth-order valence-electron chi connectivity index (χ4n) is 3.50. The third kappa shape index (κ3) is 7.55. The van der Waals surface area contributed by atoms with Crippen LogP contribution in [0.5, 0.6) is 5.75 Å². The maximum Gasteiger partial charge on any atom is 0.515 e. The summed E-state index contributed by atoms with van der Waals surface area (Å²) in [6.45, 7) is 13.0. The van der Waals surface area contributed by atoms with Crippen LogP contribution in [-0.4, -0.2) is 26.8 Å². The molecule has 0 aliphatic heterocycles. The first-order valence-corrected chi connectivity index (χ1v) is 13.1. The van der Waals surface area contributed by atoms with Crippen molar-refractivity contribution in [3.05, 3.63) is 59.2 Å². The van der Waals surface area contributed by atoms with Gasteiger partial charge in [0.1, 0.15) is 16.7 Å². The Balaban J connectivity index is 2.22. The first-order valence-electron chi connectivity index (χ1n) is 11.7. The van der Waals surface area contributed by atoms with Crippen molar-refractivity contribution in [2.45, 2.75) is 83.1 Å². The molecule has 0 aliphatic rings. The molecule has 7 nitrogen and oxygen atoms in total. The molecule has 0 aliphatic carbocycles. The summed E-state index contributed by atoms with van der Waals surface area (Å²) < 4.78 is 42.4. The van der Waals surface area contributed by atoms with Crippen LogP contribution in [0.25, 0.3) is 0 Å². The lowest BCUT2D eigenvalue weighted by molar-refractivity contribution is 0.0199. The number of nitrogens with zero attached hydrogens (tertiary/aromatic N) is 1. The molecule has 190 valence electrons. The van der Waals surface area contributed by atoms with Gasteiger partial charge in [0, 0.05) is 6.42 Å². The van der Waals surface area contributed by atoms with Gasteiger partial charge in [0.2, 0.25) is 5.60 Å². The Morgan fingerprint density at radius 1 is 0.971 bits per heavy atom. The van der Waals surface area contributed by atoms with Crippen molar-refractivity contribution in [3.63, 3.8) is 0 Å². The number of benzene rings is 2. The van der Waals surface area contributed by atoms with Crippen LogP contribution in [0.15, 0.2) is 47.4 Å². The Bertz CT molecular complexity index is 1140. The van der Waals surface area contributed by atoms with E-state index in [1.165, 1.54) is 6.92 Å². The molecular weight excluding hydrogens is 466 g/mol. The van der Waals surface area contributed by atoms with Crippen LogP contribution in [0.4, 0.5) is 4.79 Å². The van der Waals surface area contributed by atoms with Crippen LogP contribution in [0.2, 0.25) is 0 Å². The monoisotopic (exact) mass is 501 g/mol. The molecule has 1 unspecified atom stereocenters. The minimum atomic E-state index is -4.14. The molecule has 2 rings (SSSR count). The number of carbonyl (C=O) groups excluding carboxylic acids is 1. The molecule has 0 heterocycles. The SMILES string of the molecule is CC(C)c1cc(C(C)C)c(S(=O)(=O)OCCC(C)(C#N)OC(=O)Oc2ccccc2)c(C(C)C)c1. The molecule has 1 atom stereocenters. The van der Waals surface area contributed by atoms with Gasteiger partial charge in [-0.1, -0.05) is 71.9 Å². The van der Waals surface area contributed by atoms with E-state index in [-0.39, 0.29) is 41.4 Å². The summed E-state index contributed by atoms with van der Waals surface area (Å²) in [4.78, 5) is 12.3. The lowest BCUT2D eigenvalue weighted by Gasteiger charge is -2.24. The fraction of sp³-hybridized carbons (Fsp3) is 0.481. The number of hydrogen-bond donors (Lipinski definition) is 0. The van der Waals surface area contributed by atoms with Gasteiger partial charge >= 0.3 is 6.16 Å². The molecule has 0 saturated heterocycles. The summed E-state index contributed by atoms with van der Waals surface area (Å²) >= 11 is 0. The molecule has 2 aromatic rings. The van der Waals surface area contributed by atoms with E-state index in [4.69, 9.17) is 13.7 Å². The van der Waals surface area contributed by atoms with Gasteiger partial charge in [0.05, 0.1) is 6.61 Å². The molecule has 2 aromatic carbocycles. The minimum absolute atomic E-state index is 0.0416. The smallest absolute Gasteiger partial charge is 0.412 e. The van der Waals surface area contributed by atoms with Gasteiger partial charge in [0.25, 0.3) is 10.1 Å². The molecule has 0 N–H and O–H groups in total. The van der Waals surface area contributed by atoms with Crippen molar-refractivity contribution < 1.29 is 26.9 Å². The third-order valence-electron chi connectivity index (χ3n) is 5.64. The fourth-order valence-corrected chi connectivity index (χ4v) is 5.09. The largest absolute Gasteiger partial charge is 0.515 e. The minimum Gasteiger partial charge on any atom is -0.412 e. The van der Waals surface area contributed by atoms with Crippen molar-refractivity contribution in [3.8, 4) is 11.8 Å². The predicted molar refractivity (Wildman–Crippen MR) is 134 cm³/mol. The number of hydrogen-bond acceptors (Lipinski definition) is 7. The Hall–Kier alpha value is -2.89. The Labute approximate surface area is 209 Å². The highest BCUT2D eigenvalue weighted by Gasteiger charge is 2.32. The summed E-state index contributed by atoms with van der Waals surface area (Å²) in [7, 11) is -4.14. The van der Waals surface area contributed by atoms with Gasteiger partial charge in [-0.2, -0.15) is 13.7 Å². The second-order valence-corrected chi connectivity index (χ2v) is 11.2. The Kier molecular flexibility index (Phi) is 9.47. The lowest BCUT2D eigenvalue weighted by atomic mass is 9.89. The lowest BCUT2D eigenvalue weighted by Crippen LogP contribution is -2.33. The standard InChI is InChI=1S/C27H35NO6S/c1-18(2)21-15-23(19(3)4)25(24(16-21)20(5)6)35(30,31)32-14-13-27(7,17-28)34-26(29)33-22-11-9-8-10-12-22/h8-12,15-16,18-20H,13-14H2,1-7H3. The van der Waals surface area contributed by atoms with E-state index in [1.807, 2.05) is 45.9 Å². The predicted octanol–water partition coefficient (Wildman–Crippen LogP) is 6.65. The van der Waals surface area contributed by atoms with Crippen LogP contribution >= 0.6 is 0 Å². The van der Waals surface area contributed by atoms with Gasteiger partial charge in [-0.15, -0.1) is 0 Å². The molecule has 0 radical (unpaired) electrons. The first-order chi connectivity index (χ1) is 16.3. The molecule has 0 saturated carbocycles. The van der Waals surface area contributed by atoms with Crippen LogP contribution in [0.3, 0.4) is 0 Å². The van der Waals surface area contributed by atoms with E-state index in [0.717, 1.165) is 5.56 Å². The summed E-state index contributed by atoms with van der Waals surface area (Å²) in [5.41, 5.74) is 0.833. The number of nitriles is 1. The summed E-state index contributed by atoms with van der Waals surface area (Å²) in [5, 5.41) is 9.58. The van der Waals surface area contributed by atoms with Crippen molar-refractivity contribution in [2.75, 3.05) is 6.61 Å². The molecule has 0 spiro atoms. The zero-order valence-electron chi connectivity index (χ0n) is 21.5. The molecule has 0 aromatic heterocycles. The Morgan fingerprint density at radius 2 is 1.51 bits per heavy atom. The van der Waals surface area contributed by atoms with E-state index in [1.54, 1.807) is 30.3 Å². The summed E-state index contributed by atoms with van der Waals surface area (Å²) in [6, 6.07) is 14.1. The topological polar surface area (TPSA) is 103 Å². The van der Waals surface area contributed by atoms with E-state index in [0.29, 0.717) is 11.1 Å². The zero-order valence-corrected chi connectivity index (χ0v) is 22.3. The number of para-hydroxylation sites is 1. The molecule has 35 heavy (non-hydrogen) atoms. The highest BCUT2D eigenvalue weighted by atomic mass is 32.2. The van der Waals surface area contributed by atoms with Crippen LogP contribution in [-0.2, 0) is 19.0 Å². The number of rotatable bonds is 10. The maximum absolute atomic E-state index is 13.4. The van der Waals surface area contributed by atoms with E-state index < -0.39 is 21.9 Å². The average Bonchev–Trinajstić information content (AvgIpc) is 2.78. The normalized spacial score (nSPS) is 13.5. The van der Waals surface area contributed by atoms with Crippen molar-refractivity contribution >= 4 is 16.3 Å². The highest BCUT2D eigenvalue weighted by molar-refractivity contribution is 7.86. The number of ether oxygens (including phenoxy) is 2. The molecular formula is C27H35NO6S. The average molecular weight is 502 g/mol. The second-order valence-electron chi connectivity index (χ2n) is 9.63. The molecule has 0 fully saturated rings. The van der Waals surface area contributed by atoms with Gasteiger partial charge in [-0.05, 0) is 53.5 Å². The molecule has 0 bridgehead atoms. The molecule has 8 heteroatoms. The van der Waals surface area contributed by atoms with E-state index in [2.05, 4.69) is 13.8 Å². The first kappa shape index (κ1) is 28.3. The van der Waals surface area contributed by atoms with Crippen LogP contribution < -0.4 is 4.74 Å². The third-order valence-corrected chi connectivity index (χ3v) is 7.08. The number of carbonyl (C=O) groups is 1. The van der Waals surface area contributed by atoms with E-state index >= 15 is 0 Å². The maximum atomic E-state index is 13.4. The summed E-state index contributed by atoms with van der Waals surface area (Å²) in [5.74, 6) is 0.427. The van der Waals surface area contributed by atoms with Crippen molar-refractivity contribution in [2.24, 2.45) is 0 Å². The quantitative estimate of drug-likeness (QED) is 0.204. The van der Waals surface area contributed by atoms with Gasteiger partial charge in [0.15, 0.2) is 0 Å². The van der Waals surface area contributed by atoms with Crippen LogP contribution in [0.1, 0.15) is 89.3 Å². The highest BCUT2D eigenvalue weighted by Crippen LogP contribution is 2.36. The van der Waals surface area contributed by atoms with Crippen molar-refractivity contribution in [1.29, 1.82) is 5.26 Å². The van der Waals surface area contributed by atoms with E-state index in [9.17, 15) is 18.5 Å². The van der Waals surface area contributed by atoms with Crippen molar-refractivity contribution in [1.82, 2.24) is 0 Å². The Morgan fingerprint density at radius 3 is 1.97 bits per heavy atom. The second kappa shape index (κ2) is 11.7. The van der Waals surface area contributed by atoms with Gasteiger partial charge in [-0.25, -0.2) is 4.79 Å². The summed E-state index contributed by atoms with van der Waals surface area (Å²) in [6.07, 6.45) is -1.22. The van der Waals surface area contributed by atoms with Gasteiger partial charge < -0.3 is 9.47 Å². The van der Waals surface area contributed by atoms with Gasteiger partial charge in [-0.3, -0.25) is 4.18 Å². The zero-order chi connectivity index (χ0) is 26.4. The molecule has 0 amide bonds. The van der Waals surface area contributed by atoms with Crippen LogP contribution in [0, 0.1) is 11.3 Å².